The molecule has 2 aromatic rings. The normalized spacial score (nSPS) is 11.0. The Morgan fingerprint density at radius 3 is 2.65 bits per heavy atom. The molecular formula is C16H23N3O. The minimum Gasteiger partial charge on any atom is -0.497 e. The van der Waals surface area contributed by atoms with Crippen LogP contribution in [0.4, 0.5) is 0 Å². The first-order valence-corrected chi connectivity index (χ1v) is 7.01. The van der Waals surface area contributed by atoms with Crippen LogP contribution in [0.2, 0.25) is 0 Å². The Bertz CT molecular complexity index is 517. The molecule has 0 saturated heterocycles. The number of nitrogens with one attached hydrogen (secondary N) is 1. The van der Waals surface area contributed by atoms with Gasteiger partial charge in [0.1, 0.15) is 5.75 Å². The van der Waals surface area contributed by atoms with E-state index in [0.29, 0.717) is 5.92 Å². The highest BCUT2D eigenvalue weighted by molar-refractivity contribution is 5.27. The fourth-order valence-corrected chi connectivity index (χ4v) is 2.01. The molecule has 0 bridgehead atoms. The molecule has 0 aliphatic rings. The first-order chi connectivity index (χ1) is 9.67. The van der Waals surface area contributed by atoms with Crippen molar-refractivity contribution in [1.29, 1.82) is 0 Å². The van der Waals surface area contributed by atoms with Gasteiger partial charge in [0.05, 0.1) is 19.1 Å². The van der Waals surface area contributed by atoms with Crippen molar-refractivity contribution in [3.63, 3.8) is 0 Å². The summed E-state index contributed by atoms with van der Waals surface area (Å²) in [5.41, 5.74) is 2.32. The fourth-order valence-electron chi connectivity index (χ4n) is 2.01. The Hall–Kier alpha value is -1.81. The topological polar surface area (TPSA) is 39.1 Å². The van der Waals surface area contributed by atoms with E-state index in [1.54, 1.807) is 7.11 Å². The standard InChI is InChI=1S/C16H23N3O/c1-13(2)8-17-9-15-11-19(12-18-15)10-14-4-6-16(20-3)7-5-14/h4-7,11-13,17H,8-10H2,1-3H3. The highest BCUT2D eigenvalue weighted by atomic mass is 16.5. The molecule has 0 spiro atoms. The van der Waals surface area contributed by atoms with Crippen LogP contribution in [0.25, 0.3) is 0 Å². The van der Waals surface area contributed by atoms with Crippen LogP contribution in [-0.2, 0) is 13.1 Å². The Kier molecular flexibility index (Phi) is 5.18. The molecule has 4 nitrogen and oxygen atoms in total. The molecule has 0 amide bonds. The maximum atomic E-state index is 5.16. The van der Waals surface area contributed by atoms with Crippen molar-refractivity contribution in [3.8, 4) is 5.75 Å². The zero-order valence-corrected chi connectivity index (χ0v) is 12.5. The number of hydrogen-bond donors (Lipinski definition) is 1. The Morgan fingerprint density at radius 1 is 1.25 bits per heavy atom. The van der Waals surface area contributed by atoms with Gasteiger partial charge in [-0.3, -0.25) is 0 Å². The van der Waals surface area contributed by atoms with Crippen molar-refractivity contribution < 1.29 is 4.74 Å². The molecular weight excluding hydrogens is 250 g/mol. The summed E-state index contributed by atoms with van der Waals surface area (Å²) in [7, 11) is 1.68. The lowest BCUT2D eigenvalue weighted by molar-refractivity contribution is 0.414. The van der Waals surface area contributed by atoms with E-state index in [9.17, 15) is 0 Å². The van der Waals surface area contributed by atoms with Gasteiger partial charge >= 0.3 is 0 Å². The molecule has 20 heavy (non-hydrogen) atoms. The minimum atomic E-state index is 0.663. The zero-order chi connectivity index (χ0) is 14.4. The predicted octanol–water partition coefficient (Wildman–Crippen LogP) is 2.69. The summed E-state index contributed by atoms with van der Waals surface area (Å²) in [5.74, 6) is 1.55. The van der Waals surface area contributed by atoms with Gasteiger partial charge in [0.2, 0.25) is 0 Å². The van der Waals surface area contributed by atoms with Gasteiger partial charge in [0.25, 0.3) is 0 Å². The van der Waals surface area contributed by atoms with Crippen molar-refractivity contribution in [2.45, 2.75) is 26.9 Å². The number of rotatable bonds is 7. The van der Waals surface area contributed by atoms with E-state index in [4.69, 9.17) is 4.74 Å². The summed E-state index contributed by atoms with van der Waals surface area (Å²) in [4.78, 5) is 4.42. The number of nitrogens with zero attached hydrogens (tertiary/aromatic N) is 2. The second-order valence-electron chi connectivity index (χ2n) is 5.41. The average Bonchev–Trinajstić information content (AvgIpc) is 2.87. The molecule has 4 heteroatoms. The summed E-state index contributed by atoms with van der Waals surface area (Å²) >= 11 is 0. The van der Waals surface area contributed by atoms with Crippen LogP contribution in [-0.4, -0.2) is 23.2 Å². The van der Waals surface area contributed by atoms with E-state index in [-0.39, 0.29) is 0 Å². The van der Waals surface area contributed by atoms with E-state index in [1.807, 2.05) is 18.5 Å². The van der Waals surface area contributed by atoms with Crippen molar-refractivity contribution in [1.82, 2.24) is 14.9 Å². The molecule has 0 radical (unpaired) electrons. The highest BCUT2D eigenvalue weighted by Crippen LogP contribution is 2.12. The Morgan fingerprint density at radius 2 is 2.00 bits per heavy atom. The van der Waals surface area contributed by atoms with Crippen LogP contribution in [0, 0.1) is 5.92 Å². The van der Waals surface area contributed by atoms with Gasteiger partial charge in [-0.05, 0) is 30.2 Å². The molecule has 0 aliphatic carbocycles. The molecule has 1 aromatic carbocycles. The Balaban J connectivity index is 1.88. The molecule has 0 aliphatic heterocycles. The number of methoxy groups -OCH3 is 1. The first-order valence-electron chi connectivity index (χ1n) is 7.01. The van der Waals surface area contributed by atoms with E-state index in [0.717, 1.165) is 31.1 Å². The van der Waals surface area contributed by atoms with E-state index in [2.05, 4.69) is 47.0 Å². The number of ether oxygens (including phenoxy) is 1. The van der Waals surface area contributed by atoms with Gasteiger partial charge in [0, 0.05) is 19.3 Å². The van der Waals surface area contributed by atoms with Crippen LogP contribution in [0.15, 0.2) is 36.8 Å². The zero-order valence-electron chi connectivity index (χ0n) is 12.5. The van der Waals surface area contributed by atoms with E-state index < -0.39 is 0 Å². The summed E-state index contributed by atoms with van der Waals surface area (Å²) < 4.78 is 7.26. The van der Waals surface area contributed by atoms with E-state index >= 15 is 0 Å². The molecule has 0 saturated carbocycles. The van der Waals surface area contributed by atoms with Gasteiger partial charge in [-0.15, -0.1) is 0 Å². The van der Waals surface area contributed by atoms with Crippen LogP contribution in [0.3, 0.4) is 0 Å². The number of imidazole rings is 1. The van der Waals surface area contributed by atoms with Gasteiger partial charge in [-0.2, -0.15) is 0 Å². The monoisotopic (exact) mass is 273 g/mol. The number of benzene rings is 1. The van der Waals surface area contributed by atoms with Crippen LogP contribution in [0.1, 0.15) is 25.1 Å². The molecule has 0 atom stereocenters. The highest BCUT2D eigenvalue weighted by Gasteiger charge is 2.01. The molecule has 1 aromatic heterocycles. The Labute approximate surface area is 120 Å². The SMILES string of the molecule is COc1ccc(Cn2cnc(CNCC(C)C)c2)cc1. The second kappa shape index (κ2) is 7.10. The lowest BCUT2D eigenvalue weighted by Crippen LogP contribution is -2.19. The van der Waals surface area contributed by atoms with Crippen molar-refractivity contribution in [2.75, 3.05) is 13.7 Å². The number of hydrogen-bond acceptors (Lipinski definition) is 3. The van der Waals surface area contributed by atoms with Crippen molar-refractivity contribution in [2.24, 2.45) is 5.92 Å². The average molecular weight is 273 g/mol. The third-order valence-electron chi connectivity index (χ3n) is 3.07. The maximum absolute atomic E-state index is 5.16. The van der Waals surface area contributed by atoms with Crippen LogP contribution < -0.4 is 10.1 Å². The molecule has 1 heterocycles. The van der Waals surface area contributed by atoms with Gasteiger partial charge in [0.15, 0.2) is 0 Å². The first kappa shape index (κ1) is 14.6. The molecule has 0 unspecified atom stereocenters. The van der Waals surface area contributed by atoms with Gasteiger partial charge < -0.3 is 14.6 Å². The van der Waals surface area contributed by atoms with Crippen molar-refractivity contribution >= 4 is 0 Å². The third kappa shape index (κ3) is 4.38. The summed E-state index contributed by atoms with van der Waals surface area (Å²) in [6.07, 6.45) is 3.98. The predicted molar refractivity (Wildman–Crippen MR) is 80.9 cm³/mol. The van der Waals surface area contributed by atoms with Crippen molar-refractivity contribution in [3.05, 3.63) is 48.0 Å². The minimum absolute atomic E-state index is 0.663. The smallest absolute Gasteiger partial charge is 0.118 e. The third-order valence-corrected chi connectivity index (χ3v) is 3.07. The lowest BCUT2D eigenvalue weighted by atomic mass is 10.2. The van der Waals surface area contributed by atoms with Crippen LogP contribution in [0.5, 0.6) is 5.75 Å². The second-order valence-corrected chi connectivity index (χ2v) is 5.41. The maximum Gasteiger partial charge on any atom is 0.118 e. The number of aromatic nitrogens is 2. The van der Waals surface area contributed by atoms with Crippen LogP contribution >= 0.6 is 0 Å². The summed E-state index contributed by atoms with van der Waals surface area (Å²) in [6, 6.07) is 8.12. The quantitative estimate of drug-likeness (QED) is 0.843. The van der Waals surface area contributed by atoms with Gasteiger partial charge in [-0.1, -0.05) is 26.0 Å². The van der Waals surface area contributed by atoms with E-state index in [1.165, 1.54) is 5.56 Å². The molecule has 108 valence electrons. The molecule has 2 rings (SSSR count). The molecule has 0 fully saturated rings. The summed E-state index contributed by atoms with van der Waals surface area (Å²) in [5, 5.41) is 3.40. The van der Waals surface area contributed by atoms with Gasteiger partial charge in [-0.25, -0.2) is 4.98 Å². The summed E-state index contributed by atoms with van der Waals surface area (Å²) in [6.45, 7) is 7.09. The molecule has 1 N–H and O–H groups in total. The fraction of sp³-hybridized carbons (Fsp3) is 0.438. The lowest BCUT2D eigenvalue weighted by Gasteiger charge is -2.05. The largest absolute Gasteiger partial charge is 0.497 e.